The molecule has 1 nitrogen and oxygen atoms in total. The molecular weight excluding hydrogens is 262 g/mol. The summed E-state index contributed by atoms with van der Waals surface area (Å²) in [5.74, 6) is 0. The molecule has 1 aliphatic carbocycles. The molecule has 3 rings (SSSR count). The SMILES string of the molecule is NC1CCCCCCC1Sc1ccc2ccccc2c1. The molecule has 2 N–H and O–H groups in total. The Morgan fingerprint density at radius 1 is 0.850 bits per heavy atom. The van der Waals surface area contributed by atoms with Gasteiger partial charge in [0.2, 0.25) is 0 Å². The minimum atomic E-state index is 0.353. The minimum Gasteiger partial charge on any atom is -0.327 e. The summed E-state index contributed by atoms with van der Waals surface area (Å²) in [6, 6.07) is 15.7. The van der Waals surface area contributed by atoms with Crippen LogP contribution < -0.4 is 5.73 Å². The summed E-state index contributed by atoms with van der Waals surface area (Å²) in [5, 5.41) is 3.23. The highest BCUT2D eigenvalue weighted by atomic mass is 32.2. The summed E-state index contributed by atoms with van der Waals surface area (Å²) in [4.78, 5) is 1.37. The molecular formula is C18H23NS. The van der Waals surface area contributed by atoms with Crippen LogP contribution >= 0.6 is 11.8 Å². The van der Waals surface area contributed by atoms with Gasteiger partial charge in [0.25, 0.3) is 0 Å². The lowest BCUT2D eigenvalue weighted by molar-refractivity contribution is 0.463. The molecule has 1 fully saturated rings. The lowest BCUT2D eigenvalue weighted by Gasteiger charge is -2.25. The summed E-state index contributed by atoms with van der Waals surface area (Å²) in [7, 11) is 0. The van der Waals surface area contributed by atoms with Gasteiger partial charge in [0, 0.05) is 16.2 Å². The molecule has 2 heteroatoms. The molecule has 0 heterocycles. The van der Waals surface area contributed by atoms with Crippen LogP contribution in [0.4, 0.5) is 0 Å². The predicted molar refractivity (Wildman–Crippen MR) is 89.3 cm³/mol. The minimum absolute atomic E-state index is 0.353. The summed E-state index contributed by atoms with van der Waals surface area (Å²) in [6.07, 6.45) is 7.82. The first-order chi connectivity index (χ1) is 9.83. The van der Waals surface area contributed by atoms with Crippen LogP contribution in [-0.2, 0) is 0 Å². The van der Waals surface area contributed by atoms with Gasteiger partial charge in [-0.1, -0.05) is 56.0 Å². The van der Waals surface area contributed by atoms with Crippen molar-refractivity contribution in [1.29, 1.82) is 0 Å². The van der Waals surface area contributed by atoms with Crippen molar-refractivity contribution >= 4 is 22.5 Å². The Bertz CT molecular complexity index is 566. The number of benzene rings is 2. The monoisotopic (exact) mass is 285 g/mol. The Morgan fingerprint density at radius 2 is 1.60 bits per heavy atom. The van der Waals surface area contributed by atoms with E-state index in [9.17, 15) is 0 Å². The molecule has 0 aliphatic heterocycles. The van der Waals surface area contributed by atoms with E-state index in [2.05, 4.69) is 42.5 Å². The molecule has 1 saturated carbocycles. The van der Waals surface area contributed by atoms with E-state index < -0.39 is 0 Å². The summed E-state index contributed by atoms with van der Waals surface area (Å²) < 4.78 is 0. The van der Waals surface area contributed by atoms with Gasteiger partial charge in [-0.05, 0) is 35.7 Å². The summed E-state index contributed by atoms with van der Waals surface area (Å²) in [5.41, 5.74) is 6.39. The van der Waals surface area contributed by atoms with Gasteiger partial charge in [0.1, 0.15) is 0 Å². The number of hydrogen-bond donors (Lipinski definition) is 1. The van der Waals surface area contributed by atoms with Crippen molar-refractivity contribution in [2.45, 2.75) is 54.7 Å². The second-order valence-corrected chi connectivity index (χ2v) is 7.13. The standard InChI is InChI=1S/C18H23NS/c19-17-9-3-1-2-4-10-18(17)20-16-12-11-14-7-5-6-8-15(14)13-16/h5-8,11-13,17-18H,1-4,9-10,19H2. The lowest BCUT2D eigenvalue weighted by atomic mass is 9.97. The van der Waals surface area contributed by atoms with Crippen LogP contribution in [0.5, 0.6) is 0 Å². The van der Waals surface area contributed by atoms with Gasteiger partial charge in [0.15, 0.2) is 0 Å². The molecule has 2 aromatic carbocycles. The first-order valence-electron chi connectivity index (χ1n) is 7.74. The molecule has 1 aliphatic rings. The van der Waals surface area contributed by atoms with Gasteiger partial charge in [0.05, 0.1) is 0 Å². The lowest BCUT2D eigenvalue weighted by Crippen LogP contribution is -2.33. The maximum atomic E-state index is 6.39. The zero-order valence-corrected chi connectivity index (χ0v) is 12.7. The van der Waals surface area contributed by atoms with E-state index in [1.165, 1.54) is 54.2 Å². The molecule has 0 radical (unpaired) electrons. The topological polar surface area (TPSA) is 26.0 Å². The Morgan fingerprint density at radius 3 is 2.45 bits per heavy atom. The molecule has 2 aromatic rings. The molecule has 0 spiro atoms. The molecule has 20 heavy (non-hydrogen) atoms. The normalized spacial score (nSPS) is 24.2. The van der Waals surface area contributed by atoms with Crippen molar-refractivity contribution in [2.24, 2.45) is 5.73 Å². The van der Waals surface area contributed by atoms with Crippen molar-refractivity contribution in [3.63, 3.8) is 0 Å². The van der Waals surface area contributed by atoms with E-state index in [1.807, 2.05) is 11.8 Å². The zero-order valence-electron chi connectivity index (χ0n) is 11.9. The number of thioether (sulfide) groups is 1. The van der Waals surface area contributed by atoms with Gasteiger partial charge in [-0.2, -0.15) is 0 Å². The van der Waals surface area contributed by atoms with Gasteiger partial charge in [-0.3, -0.25) is 0 Å². The number of hydrogen-bond acceptors (Lipinski definition) is 2. The van der Waals surface area contributed by atoms with Crippen LogP contribution in [0.3, 0.4) is 0 Å². The van der Waals surface area contributed by atoms with Gasteiger partial charge < -0.3 is 5.73 Å². The fraction of sp³-hybridized carbons (Fsp3) is 0.444. The average Bonchev–Trinajstić information content (AvgIpc) is 2.47. The Hall–Kier alpha value is -0.990. The second-order valence-electron chi connectivity index (χ2n) is 5.82. The van der Waals surface area contributed by atoms with Crippen molar-refractivity contribution < 1.29 is 0 Å². The van der Waals surface area contributed by atoms with E-state index >= 15 is 0 Å². The Labute approximate surface area is 125 Å². The summed E-state index contributed by atoms with van der Waals surface area (Å²) in [6.45, 7) is 0. The van der Waals surface area contributed by atoms with Crippen molar-refractivity contribution in [2.75, 3.05) is 0 Å². The largest absolute Gasteiger partial charge is 0.327 e. The summed E-state index contributed by atoms with van der Waals surface area (Å²) >= 11 is 1.99. The van der Waals surface area contributed by atoms with Gasteiger partial charge in [-0.15, -0.1) is 11.8 Å². The maximum absolute atomic E-state index is 6.39. The molecule has 2 unspecified atom stereocenters. The highest BCUT2D eigenvalue weighted by Crippen LogP contribution is 2.33. The third-order valence-electron chi connectivity index (χ3n) is 4.26. The van der Waals surface area contributed by atoms with Gasteiger partial charge >= 0.3 is 0 Å². The smallest absolute Gasteiger partial charge is 0.0246 e. The average molecular weight is 285 g/mol. The van der Waals surface area contributed by atoms with Crippen molar-refractivity contribution in [3.8, 4) is 0 Å². The van der Waals surface area contributed by atoms with Crippen LogP contribution in [0.25, 0.3) is 10.8 Å². The molecule has 0 amide bonds. The van der Waals surface area contributed by atoms with E-state index in [1.54, 1.807) is 0 Å². The van der Waals surface area contributed by atoms with Crippen molar-refractivity contribution in [3.05, 3.63) is 42.5 Å². The van der Waals surface area contributed by atoms with Crippen LogP contribution in [0, 0.1) is 0 Å². The van der Waals surface area contributed by atoms with Crippen LogP contribution in [-0.4, -0.2) is 11.3 Å². The Balaban J connectivity index is 1.76. The third kappa shape index (κ3) is 3.36. The Kier molecular flexibility index (Phi) is 4.64. The van der Waals surface area contributed by atoms with E-state index in [-0.39, 0.29) is 0 Å². The quantitative estimate of drug-likeness (QED) is 0.842. The van der Waals surface area contributed by atoms with E-state index in [0.29, 0.717) is 11.3 Å². The van der Waals surface area contributed by atoms with E-state index in [4.69, 9.17) is 5.73 Å². The third-order valence-corrected chi connectivity index (χ3v) is 5.68. The second kappa shape index (κ2) is 6.64. The molecule has 2 atom stereocenters. The van der Waals surface area contributed by atoms with Crippen LogP contribution in [0.2, 0.25) is 0 Å². The number of nitrogens with two attached hydrogens (primary N) is 1. The first kappa shape index (κ1) is 14.0. The van der Waals surface area contributed by atoms with Crippen molar-refractivity contribution in [1.82, 2.24) is 0 Å². The molecule has 0 bridgehead atoms. The maximum Gasteiger partial charge on any atom is 0.0246 e. The van der Waals surface area contributed by atoms with E-state index in [0.717, 1.165) is 0 Å². The zero-order chi connectivity index (χ0) is 13.8. The predicted octanol–water partition coefficient (Wildman–Crippen LogP) is 4.98. The number of fused-ring (bicyclic) bond motifs is 1. The molecule has 0 saturated heterocycles. The highest BCUT2D eigenvalue weighted by molar-refractivity contribution is 8.00. The van der Waals surface area contributed by atoms with Gasteiger partial charge in [-0.25, -0.2) is 0 Å². The fourth-order valence-electron chi connectivity index (χ4n) is 3.04. The fourth-order valence-corrected chi connectivity index (χ4v) is 4.33. The number of rotatable bonds is 2. The molecule has 0 aromatic heterocycles. The molecule has 106 valence electrons. The highest BCUT2D eigenvalue weighted by Gasteiger charge is 2.20. The first-order valence-corrected chi connectivity index (χ1v) is 8.62. The van der Waals surface area contributed by atoms with Crippen LogP contribution in [0.1, 0.15) is 38.5 Å². The van der Waals surface area contributed by atoms with Crippen LogP contribution in [0.15, 0.2) is 47.4 Å².